The third-order valence-corrected chi connectivity index (χ3v) is 5.14. The zero-order valence-corrected chi connectivity index (χ0v) is 15.2. The molecule has 3 heterocycles. The Kier molecular flexibility index (Phi) is 4.57. The molecule has 1 saturated heterocycles. The van der Waals surface area contributed by atoms with Gasteiger partial charge in [0.1, 0.15) is 18.3 Å². The van der Waals surface area contributed by atoms with Gasteiger partial charge in [0.2, 0.25) is 0 Å². The number of H-pyrrole nitrogens is 1. The van der Waals surface area contributed by atoms with Gasteiger partial charge in [-0.3, -0.25) is 9.89 Å². The third-order valence-electron chi connectivity index (χ3n) is 5.14. The van der Waals surface area contributed by atoms with E-state index in [1.165, 1.54) is 10.6 Å². The summed E-state index contributed by atoms with van der Waals surface area (Å²) in [5.41, 5.74) is 9.70. The lowest BCUT2D eigenvalue weighted by molar-refractivity contribution is 0.122. The monoisotopic (exact) mass is 371 g/mol. The highest BCUT2D eigenvalue weighted by Gasteiger charge is 2.19. The number of fused-ring (bicyclic) bond motifs is 1. The second-order valence-electron chi connectivity index (χ2n) is 6.73. The van der Waals surface area contributed by atoms with Gasteiger partial charge in [0, 0.05) is 31.1 Å². The van der Waals surface area contributed by atoms with Crippen LogP contribution in [-0.4, -0.2) is 40.9 Å². The molecule has 0 saturated carbocycles. The molecular formula is C19H22FN5O2. The molecule has 8 heteroatoms. The molecule has 0 spiro atoms. The summed E-state index contributed by atoms with van der Waals surface area (Å²) in [5.74, 6) is 1.02. The van der Waals surface area contributed by atoms with Crippen LogP contribution in [0.2, 0.25) is 0 Å². The van der Waals surface area contributed by atoms with E-state index in [0.717, 1.165) is 16.7 Å². The average molecular weight is 371 g/mol. The van der Waals surface area contributed by atoms with Gasteiger partial charge < -0.3 is 15.4 Å². The molecule has 2 aromatic heterocycles. The predicted molar refractivity (Wildman–Crippen MR) is 102 cm³/mol. The summed E-state index contributed by atoms with van der Waals surface area (Å²) < 4.78 is 19.9. The minimum absolute atomic E-state index is 0.214. The molecule has 0 amide bonds. The van der Waals surface area contributed by atoms with Crippen molar-refractivity contribution in [3.05, 3.63) is 56.9 Å². The maximum absolute atomic E-state index is 13.2. The van der Waals surface area contributed by atoms with Crippen molar-refractivity contribution in [3.8, 4) is 0 Å². The molecule has 7 nitrogen and oxygen atoms in total. The number of morpholine rings is 1. The van der Waals surface area contributed by atoms with Crippen molar-refractivity contribution in [2.24, 2.45) is 0 Å². The lowest BCUT2D eigenvalue weighted by Crippen LogP contribution is -2.37. The van der Waals surface area contributed by atoms with E-state index in [2.05, 4.69) is 5.10 Å². The van der Waals surface area contributed by atoms with Crippen LogP contribution in [0.15, 0.2) is 29.1 Å². The van der Waals surface area contributed by atoms with Gasteiger partial charge in [0.05, 0.1) is 13.2 Å². The Labute approximate surface area is 155 Å². The fourth-order valence-corrected chi connectivity index (χ4v) is 3.48. The maximum Gasteiger partial charge on any atom is 0.274 e. The number of nitrogens with zero attached hydrogens (tertiary/aromatic N) is 3. The molecule has 1 aliphatic rings. The number of rotatable bonds is 4. The zero-order valence-electron chi connectivity index (χ0n) is 15.2. The van der Waals surface area contributed by atoms with Crippen LogP contribution in [0.3, 0.4) is 0 Å². The highest BCUT2D eigenvalue weighted by Crippen LogP contribution is 2.24. The molecule has 27 heavy (non-hydrogen) atoms. The SMILES string of the molecule is Cc1c(CF)cccc1Cc1c(N)[nH]n2c(=O)cc(N3CCOCC3)nc12. The zero-order chi connectivity index (χ0) is 19.0. The fourth-order valence-electron chi connectivity index (χ4n) is 3.48. The number of ether oxygens (including phenoxy) is 1. The number of benzene rings is 1. The maximum atomic E-state index is 13.2. The minimum Gasteiger partial charge on any atom is -0.384 e. The van der Waals surface area contributed by atoms with Gasteiger partial charge in [0.15, 0.2) is 5.65 Å². The minimum atomic E-state index is -0.512. The summed E-state index contributed by atoms with van der Waals surface area (Å²) in [6.07, 6.45) is 0.470. The van der Waals surface area contributed by atoms with E-state index >= 15 is 0 Å². The Bertz CT molecular complexity index is 1040. The number of aromatic amines is 1. The van der Waals surface area contributed by atoms with Crippen LogP contribution < -0.4 is 16.2 Å². The van der Waals surface area contributed by atoms with Gasteiger partial charge in [0.25, 0.3) is 5.56 Å². The van der Waals surface area contributed by atoms with Crippen LogP contribution in [0.5, 0.6) is 0 Å². The molecule has 3 N–H and O–H groups in total. The van der Waals surface area contributed by atoms with Crippen LogP contribution in [0.4, 0.5) is 16.0 Å². The molecular weight excluding hydrogens is 349 g/mol. The number of hydrogen-bond donors (Lipinski definition) is 2. The van der Waals surface area contributed by atoms with Crippen molar-refractivity contribution >= 4 is 17.3 Å². The van der Waals surface area contributed by atoms with Gasteiger partial charge in [-0.05, 0) is 23.6 Å². The van der Waals surface area contributed by atoms with Crippen LogP contribution in [-0.2, 0) is 17.8 Å². The molecule has 0 radical (unpaired) electrons. The largest absolute Gasteiger partial charge is 0.384 e. The number of alkyl halides is 1. The number of hydrogen-bond acceptors (Lipinski definition) is 5. The van der Waals surface area contributed by atoms with Crippen molar-refractivity contribution in [3.63, 3.8) is 0 Å². The van der Waals surface area contributed by atoms with Crippen molar-refractivity contribution in [2.75, 3.05) is 36.9 Å². The molecule has 3 aromatic rings. The third kappa shape index (κ3) is 3.16. The first-order chi connectivity index (χ1) is 13.1. The summed E-state index contributed by atoms with van der Waals surface area (Å²) in [7, 11) is 0. The molecule has 1 aromatic carbocycles. The van der Waals surface area contributed by atoms with Crippen LogP contribution in [0, 0.1) is 6.92 Å². The summed E-state index contributed by atoms with van der Waals surface area (Å²) in [4.78, 5) is 19.3. The second-order valence-corrected chi connectivity index (χ2v) is 6.73. The highest BCUT2D eigenvalue weighted by molar-refractivity contribution is 5.63. The number of nitrogens with two attached hydrogens (primary N) is 1. The molecule has 0 aliphatic carbocycles. The molecule has 4 rings (SSSR count). The van der Waals surface area contributed by atoms with E-state index < -0.39 is 6.67 Å². The first-order valence-corrected chi connectivity index (χ1v) is 8.94. The van der Waals surface area contributed by atoms with Gasteiger partial charge in [-0.1, -0.05) is 18.2 Å². The summed E-state index contributed by atoms with van der Waals surface area (Å²) >= 11 is 0. The lowest BCUT2D eigenvalue weighted by Gasteiger charge is -2.27. The van der Waals surface area contributed by atoms with Crippen LogP contribution in [0.1, 0.15) is 22.3 Å². The lowest BCUT2D eigenvalue weighted by atomic mass is 9.98. The summed E-state index contributed by atoms with van der Waals surface area (Å²) in [5, 5.41) is 2.90. The number of aromatic nitrogens is 3. The first-order valence-electron chi connectivity index (χ1n) is 8.94. The highest BCUT2D eigenvalue weighted by atomic mass is 19.1. The Morgan fingerprint density at radius 1 is 1.30 bits per heavy atom. The predicted octanol–water partition coefficient (Wildman–Crippen LogP) is 1.81. The second kappa shape index (κ2) is 7.03. The molecule has 1 aliphatic heterocycles. The van der Waals surface area contributed by atoms with E-state index in [1.807, 2.05) is 24.0 Å². The van der Waals surface area contributed by atoms with E-state index in [-0.39, 0.29) is 5.56 Å². The number of nitrogens with one attached hydrogen (secondary N) is 1. The standard InChI is InChI=1S/C19H22FN5O2/c1-12-13(3-2-4-14(12)11-20)9-15-18(21)23-25-17(26)10-16(22-19(15)25)24-5-7-27-8-6-24/h2-4,10,23H,5-9,11,21H2,1H3. The van der Waals surface area contributed by atoms with Crippen molar-refractivity contribution in [1.82, 2.24) is 14.6 Å². The average Bonchev–Trinajstić information content (AvgIpc) is 3.00. The Morgan fingerprint density at radius 3 is 2.78 bits per heavy atom. The number of anilines is 2. The normalized spacial score (nSPS) is 14.8. The van der Waals surface area contributed by atoms with Gasteiger partial charge >= 0.3 is 0 Å². The van der Waals surface area contributed by atoms with Crippen LogP contribution >= 0.6 is 0 Å². The molecule has 1 fully saturated rings. The summed E-state index contributed by atoms with van der Waals surface area (Å²) in [6.45, 7) is 3.98. The smallest absolute Gasteiger partial charge is 0.274 e. The van der Waals surface area contributed by atoms with Crippen molar-refractivity contribution in [2.45, 2.75) is 20.0 Å². The van der Waals surface area contributed by atoms with Gasteiger partial charge in [-0.25, -0.2) is 9.37 Å². The van der Waals surface area contributed by atoms with E-state index in [4.69, 9.17) is 15.5 Å². The fraction of sp³-hybridized carbons (Fsp3) is 0.368. The molecule has 0 bridgehead atoms. The quantitative estimate of drug-likeness (QED) is 0.730. The Hall–Kier alpha value is -2.87. The number of nitrogen functional groups attached to an aromatic ring is 1. The van der Waals surface area contributed by atoms with E-state index in [1.54, 1.807) is 6.07 Å². The van der Waals surface area contributed by atoms with Crippen LogP contribution in [0.25, 0.3) is 5.65 Å². The van der Waals surface area contributed by atoms with Gasteiger partial charge in [-0.2, -0.15) is 4.52 Å². The molecule has 0 atom stereocenters. The Balaban J connectivity index is 1.79. The Morgan fingerprint density at radius 2 is 2.04 bits per heavy atom. The van der Waals surface area contributed by atoms with Gasteiger partial charge in [-0.15, -0.1) is 0 Å². The number of halogens is 1. The topological polar surface area (TPSA) is 88.7 Å². The van der Waals surface area contributed by atoms with E-state index in [0.29, 0.717) is 55.6 Å². The van der Waals surface area contributed by atoms with Crippen molar-refractivity contribution < 1.29 is 9.13 Å². The van der Waals surface area contributed by atoms with Crippen molar-refractivity contribution in [1.29, 1.82) is 0 Å². The molecule has 0 unspecified atom stereocenters. The first kappa shape index (κ1) is 17.5. The van der Waals surface area contributed by atoms with E-state index in [9.17, 15) is 9.18 Å². The molecule has 142 valence electrons. The summed E-state index contributed by atoms with van der Waals surface area (Å²) in [6, 6.07) is 7.06.